The van der Waals surface area contributed by atoms with Crippen LogP contribution in [0.15, 0.2) is 40.0 Å². The van der Waals surface area contributed by atoms with Crippen molar-refractivity contribution in [2.24, 2.45) is 7.05 Å². The van der Waals surface area contributed by atoms with Gasteiger partial charge in [0.05, 0.1) is 23.3 Å². The molecule has 1 aromatic carbocycles. The normalized spacial score (nSPS) is 11.7. The zero-order chi connectivity index (χ0) is 18.6. The summed E-state index contributed by atoms with van der Waals surface area (Å²) in [7, 11) is -1.95. The van der Waals surface area contributed by atoms with E-state index in [4.69, 9.17) is 4.74 Å². The lowest BCUT2D eigenvalue weighted by atomic mass is 10.2. The molecule has 1 heterocycles. The third-order valence-electron chi connectivity index (χ3n) is 3.53. The van der Waals surface area contributed by atoms with E-state index in [1.807, 2.05) is 0 Å². The maximum Gasteiger partial charge on any atom is 0.338 e. The van der Waals surface area contributed by atoms with E-state index in [0.717, 1.165) is 5.56 Å². The second kappa shape index (κ2) is 8.11. The standard InChI is InChI=1S/C16H20BrN3O4S/c1-4-20(11-12-9-18-19(3)10-12)25(22,23)15-7-6-13(8-14(15)17)16(21)24-5-2/h6-10H,4-5,11H2,1-3H3. The van der Waals surface area contributed by atoms with Crippen molar-refractivity contribution in [1.82, 2.24) is 14.1 Å². The number of esters is 1. The molecule has 0 fully saturated rings. The largest absolute Gasteiger partial charge is 0.462 e. The molecule has 2 aromatic rings. The Morgan fingerprint density at radius 3 is 2.60 bits per heavy atom. The molecular weight excluding hydrogens is 410 g/mol. The fourth-order valence-electron chi connectivity index (χ4n) is 2.31. The van der Waals surface area contributed by atoms with Crippen LogP contribution >= 0.6 is 15.9 Å². The van der Waals surface area contributed by atoms with Crippen molar-refractivity contribution >= 4 is 31.9 Å². The lowest BCUT2D eigenvalue weighted by Crippen LogP contribution is -2.30. The van der Waals surface area contributed by atoms with Gasteiger partial charge in [-0.1, -0.05) is 6.92 Å². The maximum atomic E-state index is 13.0. The van der Waals surface area contributed by atoms with Gasteiger partial charge in [0.1, 0.15) is 0 Å². The Morgan fingerprint density at radius 2 is 2.08 bits per heavy atom. The quantitative estimate of drug-likeness (QED) is 0.631. The van der Waals surface area contributed by atoms with Crippen LogP contribution in [-0.2, 0) is 28.4 Å². The Morgan fingerprint density at radius 1 is 1.36 bits per heavy atom. The minimum Gasteiger partial charge on any atom is -0.462 e. The summed E-state index contributed by atoms with van der Waals surface area (Å²) < 4.78 is 34.1. The number of sulfonamides is 1. The van der Waals surface area contributed by atoms with Crippen LogP contribution in [-0.4, -0.2) is 41.6 Å². The summed E-state index contributed by atoms with van der Waals surface area (Å²) in [6.45, 7) is 4.27. The zero-order valence-electron chi connectivity index (χ0n) is 14.3. The molecule has 9 heteroatoms. The molecule has 0 spiro atoms. The highest BCUT2D eigenvalue weighted by molar-refractivity contribution is 9.10. The van der Waals surface area contributed by atoms with Gasteiger partial charge in [-0.2, -0.15) is 9.40 Å². The van der Waals surface area contributed by atoms with Gasteiger partial charge < -0.3 is 4.74 Å². The number of carbonyl (C=O) groups is 1. The molecular formula is C16H20BrN3O4S. The van der Waals surface area contributed by atoms with Crippen LogP contribution in [0.5, 0.6) is 0 Å². The van der Waals surface area contributed by atoms with Crippen LogP contribution in [0.25, 0.3) is 0 Å². The predicted molar refractivity (Wildman–Crippen MR) is 96.6 cm³/mol. The van der Waals surface area contributed by atoms with E-state index in [0.29, 0.717) is 16.6 Å². The van der Waals surface area contributed by atoms with E-state index < -0.39 is 16.0 Å². The smallest absolute Gasteiger partial charge is 0.338 e. The Balaban J connectivity index is 2.32. The number of aromatic nitrogens is 2. The first-order valence-corrected chi connectivity index (χ1v) is 9.97. The van der Waals surface area contributed by atoms with Crippen LogP contribution < -0.4 is 0 Å². The molecule has 0 bridgehead atoms. The van der Waals surface area contributed by atoms with Gasteiger partial charge in [0.2, 0.25) is 10.0 Å². The highest BCUT2D eigenvalue weighted by Crippen LogP contribution is 2.27. The monoisotopic (exact) mass is 429 g/mol. The summed E-state index contributed by atoms with van der Waals surface area (Å²) in [6, 6.07) is 4.33. The van der Waals surface area contributed by atoms with Gasteiger partial charge in [0.25, 0.3) is 0 Å². The van der Waals surface area contributed by atoms with Crippen molar-refractivity contribution in [2.75, 3.05) is 13.2 Å². The van der Waals surface area contributed by atoms with E-state index in [-0.39, 0.29) is 18.0 Å². The van der Waals surface area contributed by atoms with E-state index >= 15 is 0 Å². The zero-order valence-corrected chi connectivity index (χ0v) is 16.7. The summed E-state index contributed by atoms with van der Waals surface area (Å²) in [4.78, 5) is 11.9. The predicted octanol–water partition coefficient (Wildman–Crippen LogP) is 2.57. The second-order valence-electron chi connectivity index (χ2n) is 5.32. The average Bonchev–Trinajstić information content (AvgIpc) is 2.97. The van der Waals surface area contributed by atoms with E-state index in [1.165, 1.54) is 22.5 Å². The van der Waals surface area contributed by atoms with Crippen LogP contribution in [0.4, 0.5) is 0 Å². The van der Waals surface area contributed by atoms with Crippen molar-refractivity contribution in [1.29, 1.82) is 0 Å². The highest BCUT2D eigenvalue weighted by Gasteiger charge is 2.26. The average molecular weight is 430 g/mol. The second-order valence-corrected chi connectivity index (χ2v) is 8.08. The fourth-order valence-corrected chi connectivity index (χ4v) is 4.79. The Hall–Kier alpha value is -1.71. The van der Waals surface area contributed by atoms with Gasteiger partial charge >= 0.3 is 5.97 Å². The van der Waals surface area contributed by atoms with Gasteiger partial charge in [0, 0.05) is 36.4 Å². The lowest BCUT2D eigenvalue weighted by Gasteiger charge is -2.20. The molecule has 7 nitrogen and oxygen atoms in total. The maximum absolute atomic E-state index is 13.0. The van der Waals surface area contributed by atoms with Crippen molar-refractivity contribution in [2.45, 2.75) is 25.3 Å². The number of carbonyl (C=O) groups excluding carboxylic acids is 1. The van der Waals surface area contributed by atoms with Gasteiger partial charge in [-0.3, -0.25) is 4.68 Å². The summed E-state index contributed by atoms with van der Waals surface area (Å²) in [5.41, 5.74) is 1.09. The summed E-state index contributed by atoms with van der Waals surface area (Å²) in [5.74, 6) is -0.491. The van der Waals surface area contributed by atoms with Crippen LogP contribution in [0.3, 0.4) is 0 Å². The van der Waals surface area contributed by atoms with Crippen molar-refractivity contribution in [3.8, 4) is 0 Å². The van der Waals surface area contributed by atoms with Gasteiger partial charge in [0.15, 0.2) is 0 Å². The number of aryl methyl sites for hydroxylation is 1. The number of hydrogen-bond acceptors (Lipinski definition) is 5. The Labute approximate surface area is 155 Å². The highest BCUT2D eigenvalue weighted by atomic mass is 79.9. The van der Waals surface area contributed by atoms with E-state index in [2.05, 4.69) is 21.0 Å². The molecule has 0 aliphatic rings. The third kappa shape index (κ3) is 4.47. The number of rotatable bonds is 7. The van der Waals surface area contributed by atoms with Crippen molar-refractivity contribution < 1.29 is 17.9 Å². The lowest BCUT2D eigenvalue weighted by molar-refractivity contribution is 0.0526. The molecule has 0 atom stereocenters. The molecule has 0 saturated carbocycles. The summed E-state index contributed by atoms with van der Waals surface area (Å²) in [5, 5.41) is 4.06. The van der Waals surface area contributed by atoms with Gasteiger partial charge in [-0.15, -0.1) is 0 Å². The van der Waals surface area contributed by atoms with Crippen molar-refractivity contribution in [3.63, 3.8) is 0 Å². The number of nitrogens with zero attached hydrogens (tertiary/aromatic N) is 3. The minimum absolute atomic E-state index is 0.103. The summed E-state index contributed by atoms with van der Waals surface area (Å²) in [6.07, 6.45) is 3.41. The minimum atomic E-state index is -3.73. The molecule has 1 aromatic heterocycles. The molecule has 0 saturated heterocycles. The molecule has 0 aliphatic heterocycles. The fraction of sp³-hybridized carbons (Fsp3) is 0.375. The first-order chi connectivity index (χ1) is 11.8. The van der Waals surface area contributed by atoms with Gasteiger partial charge in [-0.05, 0) is 41.1 Å². The first-order valence-electron chi connectivity index (χ1n) is 7.74. The topological polar surface area (TPSA) is 81.5 Å². The number of hydrogen-bond donors (Lipinski definition) is 0. The van der Waals surface area contributed by atoms with E-state index in [1.54, 1.807) is 38.0 Å². The first kappa shape index (κ1) is 19.6. The Kier molecular flexibility index (Phi) is 6.36. The van der Waals surface area contributed by atoms with Crippen molar-refractivity contribution in [3.05, 3.63) is 46.2 Å². The SMILES string of the molecule is CCOC(=O)c1ccc(S(=O)(=O)N(CC)Cc2cnn(C)c2)c(Br)c1. The molecule has 0 N–H and O–H groups in total. The molecule has 0 radical (unpaired) electrons. The number of benzene rings is 1. The summed E-state index contributed by atoms with van der Waals surface area (Å²) >= 11 is 3.26. The molecule has 136 valence electrons. The number of ether oxygens (including phenoxy) is 1. The molecule has 25 heavy (non-hydrogen) atoms. The molecule has 0 aliphatic carbocycles. The third-order valence-corrected chi connectivity index (χ3v) is 6.43. The van der Waals surface area contributed by atoms with Crippen LogP contribution in [0.1, 0.15) is 29.8 Å². The van der Waals surface area contributed by atoms with Crippen LogP contribution in [0.2, 0.25) is 0 Å². The number of halogens is 1. The Bertz CT molecular complexity index is 864. The van der Waals surface area contributed by atoms with Gasteiger partial charge in [-0.25, -0.2) is 13.2 Å². The molecule has 0 amide bonds. The molecule has 2 rings (SSSR count). The van der Waals surface area contributed by atoms with E-state index in [9.17, 15) is 13.2 Å². The van der Waals surface area contributed by atoms with Crippen LogP contribution in [0, 0.1) is 0 Å². The molecule has 0 unspecified atom stereocenters.